The number of hydrogen-bond acceptors (Lipinski definition) is 4. The summed E-state index contributed by atoms with van der Waals surface area (Å²) < 4.78 is 6.05. The van der Waals surface area contributed by atoms with Crippen LogP contribution in [0.4, 0.5) is 5.69 Å². The molecule has 0 atom stereocenters. The van der Waals surface area contributed by atoms with E-state index >= 15 is 0 Å². The molecule has 6 heteroatoms. The molecule has 0 bridgehead atoms. The molecule has 0 radical (unpaired) electrons. The summed E-state index contributed by atoms with van der Waals surface area (Å²) in [7, 11) is 0. The van der Waals surface area contributed by atoms with Gasteiger partial charge in [-0.05, 0) is 36.4 Å². The lowest BCUT2D eigenvalue weighted by Gasteiger charge is -2.06. The van der Waals surface area contributed by atoms with Crippen molar-refractivity contribution in [3.05, 3.63) is 64.5 Å². The number of nitrogens with zero attached hydrogens (tertiary/aromatic N) is 2. The first-order valence-corrected chi connectivity index (χ1v) is 7.95. The highest BCUT2D eigenvalue weighted by molar-refractivity contribution is 9.10. The fourth-order valence-electron chi connectivity index (χ4n) is 2.06. The topological polar surface area (TPSA) is 68.0 Å². The Bertz CT molecular complexity index is 828. The summed E-state index contributed by atoms with van der Waals surface area (Å²) in [6.07, 6.45) is 0.687. The molecule has 0 aliphatic rings. The lowest BCUT2D eigenvalue weighted by atomic mass is 10.1. The van der Waals surface area contributed by atoms with Gasteiger partial charge in [-0.1, -0.05) is 40.1 Å². The standard InChI is InChI=1S/C17H14BrN3O2/c1-2-15-20-16(21-23-15)12-4-3-5-14(10-12)19-17(22)11-6-8-13(18)9-7-11/h3-10H,2H2,1H3,(H,19,22). The molecule has 3 rings (SSSR count). The highest BCUT2D eigenvalue weighted by atomic mass is 79.9. The summed E-state index contributed by atoms with van der Waals surface area (Å²) in [5.41, 5.74) is 2.06. The van der Waals surface area contributed by atoms with Crippen molar-refractivity contribution >= 4 is 27.5 Å². The van der Waals surface area contributed by atoms with Gasteiger partial charge in [0.2, 0.25) is 11.7 Å². The number of carbonyl (C=O) groups is 1. The van der Waals surface area contributed by atoms with Gasteiger partial charge in [0.1, 0.15) is 0 Å². The number of carbonyl (C=O) groups excluding carboxylic acids is 1. The fraction of sp³-hybridized carbons (Fsp3) is 0.118. The van der Waals surface area contributed by atoms with Crippen LogP contribution >= 0.6 is 15.9 Å². The zero-order valence-electron chi connectivity index (χ0n) is 12.4. The minimum absolute atomic E-state index is 0.169. The molecule has 0 fully saturated rings. The monoisotopic (exact) mass is 371 g/mol. The molecule has 1 amide bonds. The molecule has 1 N–H and O–H groups in total. The molecule has 0 aliphatic carbocycles. The Balaban J connectivity index is 1.79. The Labute approximate surface area is 141 Å². The first-order chi connectivity index (χ1) is 11.2. The molecule has 5 nitrogen and oxygen atoms in total. The normalized spacial score (nSPS) is 10.5. The summed E-state index contributed by atoms with van der Waals surface area (Å²) in [5, 5.41) is 6.81. The third-order valence-electron chi connectivity index (χ3n) is 3.26. The molecule has 0 unspecified atom stereocenters. The Morgan fingerprint density at radius 3 is 2.70 bits per heavy atom. The van der Waals surface area contributed by atoms with Crippen molar-refractivity contribution in [1.29, 1.82) is 0 Å². The molecule has 116 valence electrons. The van der Waals surface area contributed by atoms with Crippen LogP contribution in [0.5, 0.6) is 0 Å². The molecule has 1 heterocycles. The molecule has 1 aromatic heterocycles. The Hall–Kier alpha value is -2.47. The van der Waals surface area contributed by atoms with Crippen molar-refractivity contribution in [2.45, 2.75) is 13.3 Å². The van der Waals surface area contributed by atoms with Crippen molar-refractivity contribution < 1.29 is 9.32 Å². The van der Waals surface area contributed by atoms with Gasteiger partial charge >= 0.3 is 0 Å². The van der Waals surface area contributed by atoms with E-state index in [4.69, 9.17) is 4.52 Å². The molecule has 0 saturated heterocycles. The van der Waals surface area contributed by atoms with Crippen LogP contribution in [0, 0.1) is 0 Å². The van der Waals surface area contributed by atoms with Crippen LogP contribution in [0.2, 0.25) is 0 Å². The number of amides is 1. The quantitative estimate of drug-likeness (QED) is 0.741. The average Bonchev–Trinajstić information content (AvgIpc) is 3.05. The minimum Gasteiger partial charge on any atom is -0.339 e. The number of hydrogen-bond donors (Lipinski definition) is 1. The van der Waals surface area contributed by atoms with Crippen LogP contribution in [0.1, 0.15) is 23.2 Å². The number of nitrogens with one attached hydrogen (secondary N) is 1. The van der Waals surface area contributed by atoms with Gasteiger partial charge in [-0.15, -0.1) is 0 Å². The van der Waals surface area contributed by atoms with E-state index < -0.39 is 0 Å². The summed E-state index contributed by atoms with van der Waals surface area (Å²) in [5.74, 6) is 0.933. The second-order valence-corrected chi connectivity index (χ2v) is 5.82. The second kappa shape index (κ2) is 6.75. The predicted octanol–water partition coefficient (Wildman–Crippen LogP) is 4.31. The van der Waals surface area contributed by atoms with Crippen LogP contribution in [0.25, 0.3) is 11.4 Å². The average molecular weight is 372 g/mol. The number of anilines is 1. The Kier molecular flexibility index (Phi) is 4.52. The van der Waals surface area contributed by atoms with Crippen LogP contribution in [0.15, 0.2) is 57.5 Å². The van der Waals surface area contributed by atoms with Crippen molar-refractivity contribution in [3.8, 4) is 11.4 Å². The van der Waals surface area contributed by atoms with E-state index in [0.29, 0.717) is 29.4 Å². The first-order valence-electron chi connectivity index (χ1n) is 7.15. The molecular weight excluding hydrogens is 358 g/mol. The fourth-order valence-corrected chi connectivity index (χ4v) is 2.32. The van der Waals surface area contributed by atoms with E-state index in [1.165, 1.54) is 0 Å². The maximum atomic E-state index is 12.2. The van der Waals surface area contributed by atoms with E-state index in [1.54, 1.807) is 12.1 Å². The van der Waals surface area contributed by atoms with Crippen molar-refractivity contribution in [3.63, 3.8) is 0 Å². The second-order valence-electron chi connectivity index (χ2n) is 4.91. The van der Waals surface area contributed by atoms with Gasteiger partial charge in [0.25, 0.3) is 5.91 Å². The Morgan fingerprint density at radius 2 is 2.00 bits per heavy atom. The third-order valence-corrected chi connectivity index (χ3v) is 3.78. The smallest absolute Gasteiger partial charge is 0.255 e. The van der Waals surface area contributed by atoms with Crippen LogP contribution in [0.3, 0.4) is 0 Å². The van der Waals surface area contributed by atoms with E-state index in [0.717, 1.165) is 10.0 Å². The van der Waals surface area contributed by atoms with E-state index in [-0.39, 0.29) is 5.91 Å². The largest absolute Gasteiger partial charge is 0.339 e. The van der Waals surface area contributed by atoms with Gasteiger partial charge in [-0.25, -0.2) is 0 Å². The van der Waals surface area contributed by atoms with E-state index in [1.807, 2.05) is 43.3 Å². The lowest BCUT2D eigenvalue weighted by Crippen LogP contribution is -2.11. The zero-order valence-corrected chi connectivity index (χ0v) is 14.0. The van der Waals surface area contributed by atoms with Gasteiger partial charge in [-0.2, -0.15) is 4.98 Å². The van der Waals surface area contributed by atoms with Gasteiger partial charge in [0.15, 0.2) is 0 Å². The SMILES string of the molecule is CCc1nc(-c2cccc(NC(=O)c3ccc(Br)cc3)c2)no1. The maximum absolute atomic E-state index is 12.2. The van der Waals surface area contributed by atoms with Crippen LogP contribution < -0.4 is 5.32 Å². The predicted molar refractivity (Wildman–Crippen MR) is 91.2 cm³/mol. The number of aromatic nitrogens is 2. The van der Waals surface area contributed by atoms with Gasteiger partial charge < -0.3 is 9.84 Å². The van der Waals surface area contributed by atoms with Crippen molar-refractivity contribution in [2.24, 2.45) is 0 Å². The molecule has 0 saturated carbocycles. The van der Waals surface area contributed by atoms with Gasteiger partial charge in [0, 0.05) is 27.7 Å². The molecule has 23 heavy (non-hydrogen) atoms. The lowest BCUT2D eigenvalue weighted by molar-refractivity contribution is 0.102. The zero-order chi connectivity index (χ0) is 16.2. The van der Waals surface area contributed by atoms with Gasteiger partial charge in [0.05, 0.1) is 0 Å². The van der Waals surface area contributed by atoms with E-state index in [9.17, 15) is 4.79 Å². The third kappa shape index (κ3) is 3.65. The minimum atomic E-state index is -0.169. The molecule has 0 aliphatic heterocycles. The first kappa shape index (κ1) is 15.4. The summed E-state index contributed by atoms with van der Waals surface area (Å²) in [6, 6.07) is 14.5. The van der Waals surface area contributed by atoms with Crippen molar-refractivity contribution in [1.82, 2.24) is 10.1 Å². The summed E-state index contributed by atoms with van der Waals surface area (Å²) in [6.45, 7) is 1.95. The highest BCUT2D eigenvalue weighted by Crippen LogP contribution is 2.21. The molecule has 3 aromatic rings. The van der Waals surface area contributed by atoms with E-state index in [2.05, 4.69) is 31.4 Å². The van der Waals surface area contributed by atoms with Crippen LogP contribution in [-0.4, -0.2) is 16.0 Å². The maximum Gasteiger partial charge on any atom is 0.255 e. The summed E-state index contributed by atoms with van der Waals surface area (Å²) >= 11 is 3.35. The van der Waals surface area contributed by atoms with Crippen molar-refractivity contribution in [2.75, 3.05) is 5.32 Å². The number of halogens is 1. The number of benzene rings is 2. The number of rotatable bonds is 4. The Morgan fingerprint density at radius 1 is 1.22 bits per heavy atom. The summed E-state index contributed by atoms with van der Waals surface area (Å²) in [4.78, 5) is 16.5. The van der Waals surface area contributed by atoms with Crippen LogP contribution in [-0.2, 0) is 6.42 Å². The molecule has 2 aromatic carbocycles. The highest BCUT2D eigenvalue weighted by Gasteiger charge is 2.10. The number of aryl methyl sites for hydroxylation is 1. The van der Waals surface area contributed by atoms with Gasteiger partial charge in [-0.3, -0.25) is 4.79 Å². The molecule has 0 spiro atoms. The molecular formula is C17H14BrN3O2.